The van der Waals surface area contributed by atoms with Crippen molar-refractivity contribution < 1.29 is 0 Å². The van der Waals surface area contributed by atoms with Gasteiger partial charge in [0.15, 0.2) is 0 Å². The Bertz CT molecular complexity index is 2670. The van der Waals surface area contributed by atoms with Gasteiger partial charge in [0, 0.05) is 22.5 Å². The summed E-state index contributed by atoms with van der Waals surface area (Å²) in [6, 6.07) is 70.4. The largest absolute Gasteiger partial charge is 0.310 e. The van der Waals surface area contributed by atoms with Crippen LogP contribution in [0.5, 0.6) is 0 Å². The predicted octanol–water partition coefficient (Wildman–Crippen LogP) is 14.1. The minimum Gasteiger partial charge on any atom is -0.310 e. The molecule has 0 heterocycles. The molecule has 8 aromatic carbocycles. The van der Waals surface area contributed by atoms with Gasteiger partial charge in [0.05, 0.1) is 5.41 Å². The fourth-order valence-corrected chi connectivity index (χ4v) is 9.51. The smallest absolute Gasteiger partial charge is 0.0714 e. The van der Waals surface area contributed by atoms with Gasteiger partial charge >= 0.3 is 0 Å². The predicted molar refractivity (Wildman–Crippen MR) is 231 cm³/mol. The zero-order valence-electron chi connectivity index (χ0n) is 31.8. The fourth-order valence-electron chi connectivity index (χ4n) is 9.51. The third-order valence-corrected chi connectivity index (χ3v) is 12.3. The van der Waals surface area contributed by atoms with Crippen molar-refractivity contribution >= 4 is 17.1 Å². The molecule has 55 heavy (non-hydrogen) atoms. The van der Waals surface area contributed by atoms with E-state index in [1.54, 1.807) is 0 Å². The molecule has 0 saturated carbocycles. The quantitative estimate of drug-likeness (QED) is 0.166. The molecule has 0 N–H and O–H groups in total. The van der Waals surface area contributed by atoms with Crippen molar-refractivity contribution in [2.45, 2.75) is 38.5 Å². The van der Waals surface area contributed by atoms with Gasteiger partial charge in [0.1, 0.15) is 0 Å². The number of hydrogen-bond acceptors (Lipinski definition) is 1. The third kappa shape index (κ3) is 5.07. The second-order valence-corrected chi connectivity index (χ2v) is 15.9. The van der Waals surface area contributed by atoms with E-state index >= 15 is 0 Å². The van der Waals surface area contributed by atoms with Crippen LogP contribution in [0.1, 0.15) is 58.4 Å². The van der Waals surface area contributed by atoms with Crippen LogP contribution in [0, 0.1) is 13.8 Å². The van der Waals surface area contributed by atoms with Crippen LogP contribution < -0.4 is 4.90 Å². The molecule has 2 aliphatic carbocycles. The molecule has 0 aliphatic heterocycles. The third-order valence-electron chi connectivity index (χ3n) is 12.3. The Kier molecular flexibility index (Phi) is 7.58. The molecule has 0 spiro atoms. The summed E-state index contributed by atoms with van der Waals surface area (Å²) in [5, 5.41) is 0. The van der Waals surface area contributed by atoms with Crippen molar-refractivity contribution in [3.05, 3.63) is 233 Å². The standard InChI is InChI=1S/C54H43N/c1-36-18-24-40(25-19-36)54(41-26-20-37(2)21-27-41)50-17-11-9-15-46(50)48-33-31-44(35-52(48)54)55(42-28-22-39(23-29-42)38-12-6-5-7-13-38)43-30-32-47-45-14-8-10-16-49(45)53(3,4)51(47)34-43/h5-35H,1-4H3. The Morgan fingerprint density at radius 1 is 0.345 bits per heavy atom. The second kappa shape index (κ2) is 12.6. The Labute approximate surface area is 325 Å². The van der Waals surface area contributed by atoms with Gasteiger partial charge in [-0.1, -0.05) is 177 Å². The molecule has 10 rings (SSSR count). The van der Waals surface area contributed by atoms with Crippen molar-refractivity contribution in [3.8, 4) is 33.4 Å². The van der Waals surface area contributed by atoms with Crippen LogP contribution in [0.4, 0.5) is 17.1 Å². The summed E-state index contributed by atoms with van der Waals surface area (Å²) in [7, 11) is 0. The molecule has 0 amide bonds. The van der Waals surface area contributed by atoms with E-state index in [1.807, 2.05) is 0 Å². The van der Waals surface area contributed by atoms with Gasteiger partial charge in [-0.3, -0.25) is 0 Å². The Balaban J connectivity index is 1.22. The van der Waals surface area contributed by atoms with Crippen LogP contribution >= 0.6 is 0 Å². The van der Waals surface area contributed by atoms with Gasteiger partial charge < -0.3 is 4.90 Å². The lowest BCUT2D eigenvalue weighted by atomic mass is 9.67. The molecule has 0 atom stereocenters. The van der Waals surface area contributed by atoms with Gasteiger partial charge in [0.25, 0.3) is 0 Å². The summed E-state index contributed by atoms with van der Waals surface area (Å²) in [5.41, 5.74) is 20.9. The van der Waals surface area contributed by atoms with Gasteiger partial charge in [-0.25, -0.2) is 0 Å². The van der Waals surface area contributed by atoms with Crippen molar-refractivity contribution in [1.82, 2.24) is 0 Å². The highest BCUT2D eigenvalue weighted by Gasteiger charge is 2.46. The van der Waals surface area contributed by atoms with Gasteiger partial charge in [0.2, 0.25) is 0 Å². The van der Waals surface area contributed by atoms with Crippen LogP contribution in [0.2, 0.25) is 0 Å². The zero-order valence-corrected chi connectivity index (χ0v) is 31.8. The maximum Gasteiger partial charge on any atom is 0.0714 e. The number of aryl methyl sites for hydroxylation is 2. The van der Waals surface area contributed by atoms with E-state index in [0.717, 1.165) is 17.1 Å². The second-order valence-electron chi connectivity index (χ2n) is 15.9. The lowest BCUT2D eigenvalue weighted by molar-refractivity contribution is 0.660. The maximum atomic E-state index is 2.48. The summed E-state index contributed by atoms with van der Waals surface area (Å²) in [4.78, 5) is 2.46. The van der Waals surface area contributed by atoms with Crippen LogP contribution in [0.25, 0.3) is 33.4 Å². The van der Waals surface area contributed by atoms with E-state index in [9.17, 15) is 0 Å². The zero-order chi connectivity index (χ0) is 37.3. The first-order valence-electron chi connectivity index (χ1n) is 19.4. The van der Waals surface area contributed by atoms with Crippen molar-refractivity contribution in [2.24, 2.45) is 0 Å². The number of benzene rings is 8. The van der Waals surface area contributed by atoms with E-state index < -0.39 is 5.41 Å². The van der Waals surface area contributed by atoms with Crippen LogP contribution in [0.15, 0.2) is 188 Å². The number of fused-ring (bicyclic) bond motifs is 6. The number of anilines is 3. The van der Waals surface area contributed by atoms with E-state index in [-0.39, 0.29) is 5.41 Å². The van der Waals surface area contributed by atoms with Gasteiger partial charge in [-0.2, -0.15) is 0 Å². The molecule has 0 saturated heterocycles. The molecule has 0 unspecified atom stereocenters. The molecule has 0 fully saturated rings. The number of rotatable bonds is 6. The maximum absolute atomic E-state index is 2.48. The monoisotopic (exact) mass is 705 g/mol. The molecule has 264 valence electrons. The van der Waals surface area contributed by atoms with Crippen LogP contribution in [-0.4, -0.2) is 0 Å². The Morgan fingerprint density at radius 3 is 1.38 bits per heavy atom. The average molecular weight is 706 g/mol. The SMILES string of the molecule is Cc1ccc(C2(c3ccc(C)cc3)c3ccccc3-c3ccc(N(c4ccc(-c5ccccc5)cc4)c4ccc5c(c4)C(C)(C)c4ccccc4-5)cc32)cc1. The van der Waals surface area contributed by atoms with Crippen molar-refractivity contribution in [2.75, 3.05) is 4.90 Å². The summed E-state index contributed by atoms with van der Waals surface area (Å²) >= 11 is 0. The van der Waals surface area contributed by atoms with E-state index in [4.69, 9.17) is 0 Å². The summed E-state index contributed by atoms with van der Waals surface area (Å²) < 4.78 is 0. The van der Waals surface area contributed by atoms with Gasteiger partial charge in [-0.15, -0.1) is 0 Å². The average Bonchev–Trinajstić information content (AvgIpc) is 3.64. The highest BCUT2D eigenvalue weighted by molar-refractivity contribution is 5.91. The topological polar surface area (TPSA) is 3.24 Å². The van der Waals surface area contributed by atoms with E-state index in [2.05, 4.69) is 221 Å². The molecule has 8 aromatic rings. The summed E-state index contributed by atoms with van der Waals surface area (Å²) in [6.45, 7) is 9.08. The van der Waals surface area contributed by atoms with Crippen molar-refractivity contribution in [1.29, 1.82) is 0 Å². The molecule has 0 aromatic heterocycles. The molecule has 1 nitrogen and oxygen atoms in total. The lowest BCUT2D eigenvalue weighted by Crippen LogP contribution is -2.29. The normalized spacial score (nSPS) is 14.1. The molecular formula is C54H43N. The van der Waals surface area contributed by atoms with Crippen LogP contribution in [-0.2, 0) is 10.8 Å². The molecule has 1 heteroatoms. The molecule has 0 bridgehead atoms. The van der Waals surface area contributed by atoms with E-state index in [1.165, 1.54) is 77.9 Å². The first-order valence-corrected chi connectivity index (χ1v) is 19.4. The summed E-state index contributed by atoms with van der Waals surface area (Å²) in [6.07, 6.45) is 0. The first kappa shape index (κ1) is 33.2. The van der Waals surface area contributed by atoms with Crippen molar-refractivity contribution in [3.63, 3.8) is 0 Å². The first-order chi connectivity index (χ1) is 26.8. The highest BCUT2D eigenvalue weighted by Crippen LogP contribution is 2.58. The number of hydrogen-bond donors (Lipinski definition) is 0. The highest BCUT2D eigenvalue weighted by atomic mass is 15.1. The number of nitrogens with zero attached hydrogens (tertiary/aromatic N) is 1. The van der Waals surface area contributed by atoms with Gasteiger partial charge in [-0.05, 0) is 117 Å². The minimum atomic E-state index is -0.492. The molecule has 0 radical (unpaired) electrons. The minimum absolute atomic E-state index is 0.115. The lowest BCUT2D eigenvalue weighted by Gasteiger charge is -2.35. The molecular weight excluding hydrogens is 663 g/mol. The fraction of sp³-hybridized carbons (Fsp3) is 0.111. The summed E-state index contributed by atoms with van der Waals surface area (Å²) in [5.74, 6) is 0. The molecule has 2 aliphatic rings. The Hall–Kier alpha value is -6.44. The van der Waals surface area contributed by atoms with E-state index in [0.29, 0.717) is 0 Å². The van der Waals surface area contributed by atoms with Crippen LogP contribution in [0.3, 0.4) is 0 Å². The Morgan fingerprint density at radius 2 is 0.782 bits per heavy atom.